The number of hydrogen-bond acceptors (Lipinski definition) is 0. The molecule has 1 rings (SSSR count). The van der Waals surface area contributed by atoms with Crippen LogP contribution in [-0.4, -0.2) is 0 Å². The Kier molecular flexibility index (Phi) is 5.84. The summed E-state index contributed by atoms with van der Waals surface area (Å²) in [4.78, 5) is -2.31. The van der Waals surface area contributed by atoms with Gasteiger partial charge in [-0.1, -0.05) is 12.1 Å². The van der Waals surface area contributed by atoms with E-state index in [1.165, 1.54) is 0 Å². The summed E-state index contributed by atoms with van der Waals surface area (Å²) in [6, 6.07) is 3.26. The van der Waals surface area contributed by atoms with Gasteiger partial charge in [0.1, 0.15) is 14.5 Å². The quantitative estimate of drug-likeness (QED) is 0.578. The van der Waals surface area contributed by atoms with Gasteiger partial charge < -0.3 is 0 Å². The molecule has 0 fully saturated rings. The third kappa shape index (κ3) is 3.48. The summed E-state index contributed by atoms with van der Waals surface area (Å²) < 4.78 is 0. The standard InChI is InChI=1S/C10H6Cl6/c1-4-6(9(13)14)2-5(8(11)12)3-7(4)10(15)16/h1-3,8-10H. The second-order valence-electron chi connectivity index (χ2n) is 3.02. The minimum Gasteiger partial charge on any atom is -0.100 e. The van der Waals surface area contributed by atoms with Crippen molar-refractivity contribution in [2.45, 2.75) is 14.5 Å². The number of hydrogen-bond donors (Lipinski definition) is 0. The van der Waals surface area contributed by atoms with Crippen LogP contribution in [0.25, 0.3) is 0 Å². The van der Waals surface area contributed by atoms with Crippen LogP contribution in [0.5, 0.6) is 0 Å². The van der Waals surface area contributed by atoms with Gasteiger partial charge in [-0.25, -0.2) is 0 Å². The number of benzene rings is 1. The summed E-state index contributed by atoms with van der Waals surface area (Å²) in [7, 11) is 0. The highest BCUT2D eigenvalue weighted by Gasteiger charge is 2.18. The van der Waals surface area contributed by atoms with Gasteiger partial charge in [-0.15, -0.1) is 69.6 Å². The summed E-state index contributed by atoms with van der Waals surface area (Å²) in [6.07, 6.45) is 0. The minimum absolute atomic E-state index is 0.350. The fraction of sp³-hybridized carbons (Fsp3) is 0.300. The van der Waals surface area contributed by atoms with Crippen molar-refractivity contribution in [3.05, 3.63) is 41.3 Å². The van der Waals surface area contributed by atoms with Crippen LogP contribution < -0.4 is 0 Å². The molecule has 0 N–H and O–H groups in total. The molecule has 0 unspecified atom stereocenters. The number of halogens is 6. The van der Waals surface area contributed by atoms with Gasteiger partial charge in [-0.3, -0.25) is 0 Å². The molecule has 0 saturated heterocycles. The molecular weight excluding hydrogens is 333 g/mol. The lowest BCUT2D eigenvalue weighted by atomic mass is 10.0. The fourth-order valence-electron chi connectivity index (χ4n) is 1.21. The third-order valence-electron chi connectivity index (χ3n) is 1.99. The van der Waals surface area contributed by atoms with Crippen LogP contribution in [0.3, 0.4) is 0 Å². The monoisotopic (exact) mass is 336 g/mol. The molecule has 88 valence electrons. The molecule has 16 heavy (non-hydrogen) atoms. The van der Waals surface area contributed by atoms with Gasteiger partial charge in [-0.2, -0.15) is 0 Å². The Hall–Kier alpha value is 0.960. The molecule has 0 spiro atoms. The van der Waals surface area contributed by atoms with E-state index in [0.29, 0.717) is 22.3 Å². The lowest BCUT2D eigenvalue weighted by Gasteiger charge is -2.16. The molecule has 0 bridgehead atoms. The first-order valence-corrected chi connectivity index (χ1v) is 6.74. The maximum atomic E-state index is 5.83. The van der Waals surface area contributed by atoms with Crippen molar-refractivity contribution in [3.8, 4) is 0 Å². The smallest absolute Gasteiger partial charge is 0.100 e. The highest BCUT2D eigenvalue weighted by Crippen LogP contribution is 2.39. The van der Waals surface area contributed by atoms with E-state index in [4.69, 9.17) is 76.5 Å². The zero-order valence-corrected chi connectivity index (χ0v) is 12.3. The van der Waals surface area contributed by atoms with Crippen LogP contribution in [0.1, 0.15) is 36.8 Å². The van der Waals surface area contributed by atoms with Gasteiger partial charge >= 0.3 is 0 Å². The molecule has 6 heteroatoms. The normalized spacial score (nSPS) is 11.9. The lowest BCUT2D eigenvalue weighted by molar-refractivity contribution is 1.18. The Bertz CT molecular complexity index is 343. The van der Waals surface area contributed by atoms with Crippen molar-refractivity contribution in [2.75, 3.05) is 0 Å². The highest BCUT2D eigenvalue weighted by molar-refractivity contribution is 6.46. The fourth-order valence-corrected chi connectivity index (χ4v) is 2.18. The molecule has 1 aromatic carbocycles. The van der Waals surface area contributed by atoms with E-state index in [1.54, 1.807) is 12.1 Å². The molecule has 0 aliphatic heterocycles. The third-order valence-corrected chi connectivity index (χ3v) is 3.43. The van der Waals surface area contributed by atoms with Crippen molar-refractivity contribution in [1.29, 1.82) is 0 Å². The van der Waals surface area contributed by atoms with E-state index in [1.807, 2.05) is 0 Å². The van der Waals surface area contributed by atoms with Gasteiger partial charge in [0.2, 0.25) is 0 Å². The van der Waals surface area contributed by atoms with Crippen LogP contribution in [0.15, 0.2) is 12.1 Å². The predicted octanol–water partition coefficient (Wildman–Crippen LogP) is 6.17. The SMILES string of the molecule is [CH]c1c(C(Cl)Cl)cc(C(Cl)Cl)cc1C(Cl)Cl. The van der Waals surface area contributed by atoms with Crippen molar-refractivity contribution in [1.82, 2.24) is 0 Å². The zero-order chi connectivity index (χ0) is 12.5. The van der Waals surface area contributed by atoms with Crippen molar-refractivity contribution >= 4 is 69.6 Å². The summed E-state index contributed by atoms with van der Waals surface area (Å²) in [6.45, 7) is 5.83. The van der Waals surface area contributed by atoms with Gasteiger partial charge in [0, 0.05) is 0 Å². The molecule has 0 aliphatic rings. The number of rotatable bonds is 3. The molecule has 0 aliphatic carbocycles. The predicted molar refractivity (Wildman–Crippen MR) is 73.2 cm³/mol. The molecule has 0 atom stereocenters. The molecule has 2 radical (unpaired) electrons. The summed E-state index contributed by atoms with van der Waals surface area (Å²) >= 11 is 34.6. The van der Waals surface area contributed by atoms with E-state index in [9.17, 15) is 0 Å². The van der Waals surface area contributed by atoms with Gasteiger partial charge in [0.15, 0.2) is 0 Å². The van der Waals surface area contributed by atoms with Crippen LogP contribution in [0.2, 0.25) is 0 Å². The lowest BCUT2D eigenvalue weighted by Crippen LogP contribution is -1.98. The molecule has 0 aromatic heterocycles. The molecule has 0 saturated carbocycles. The maximum Gasteiger partial charge on any atom is 0.133 e. The first-order valence-electron chi connectivity index (χ1n) is 4.12. The minimum atomic E-state index is -0.794. The van der Waals surface area contributed by atoms with Crippen LogP contribution in [0, 0.1) is 6.92 Å². The van der Waals surface area contributed by atoms with Crippen molar-refractivity contribution in [3.63, 3.8) is 0 Å². The van der Waals surface area contributed by atoms with E-state index >= 15 is 0 Å². The first-order chi connectivity index (χ1) is 7.34. The molecule has 0 heterocycles. The van der Waals surface area contributed by atoms with Crippen LogP contribution in [-0.2, 0) is 0 Å². The second-order valence-corrected chi connectivity index (χ2v) is 6.30. The Morgan fingerprint density at radius 1 is 0.750 bits per heavy atom. The van der Waals surface area contributed by atoms with Crippen molar-refractivity contribution < 1.29 is 0 Å². The summed E-state index contributed by atoms with van der Waals surface area (Å²) in [5, 5.41) is 0. The van der Waals surface area contributed by atoms with E-state index in [0.717, 1.165) is 0 Å². The Balaban J connectivity index is 3.39. The molecule has 0 nitrogen and oxygen atoms in total. The second kappa shape index (κ2) is 6.22. The van der Waals surface area contributed by atoms with Gasteiger partial charge in [0.25, 0.3) is 0 Å². The Labute approximate surface area is 125 Å². The van der Waals surface area contributed by atoms with E-state index in [-0.39, 0.29) is 0 Å². The van der Waals surface area contributed by atoms with Crippen molar-refractivity contribution in [2.24, 2.45) is 0 Å². The molecule has 0 amide bonds. The van der Waals surface area contributed by atoms with Gasteiger partial charge in [0.05, 0.1) is 0 Å². The Morgan fingerprint density at radius 2 is 1.12 bits per heavy atom. The first kappa shape index (κ1) is 15.0. The zero-order valence-electron chi connectivity index (χ0n) is 7.73. The average Bonchev–Trinajstić information content (AvgIpc) is 2.16. The summed E-state index contributed by atoms with van der Waals surface area (Å²) in [5.74, 6) is 0. The number of alkyl halides is 6. The summed E-state index contributed by atoms with van der Waals surface area (Å²) in [5.41, 5.74) is 1.93. The van der Waals surface area contributed by atoms with Gasteiger partial charge in [-0.05, 0) is 29.2 Å². The topological polar surface area (TPSA) is 0 Å². The maximum absolute atomic E-state index is 5.83. The Morgan fingerprint density at radius 3 is 1.38 bits per heavy atom. The molecule has 1 aromatic rings. The highest BCUT2D eigenvalue weighted by atomic mass is 35.5. The van der Waals surface area contributed by atoms with Crippen LogP contribution >= 0.6 is 69.6 Å². The van der Waals surface area contributed by atoms with E-state index in [2.05, 4.69) is 0 Å². The van der Waals surface area contributed by atoms with Crippen LogP contribution in [0.4, 0.5) is 0 Å². The molecular formula is C10H6Cl6. The largest absolute Gasteiger partial charge is 0.133 e. The van der Waals surface area contributed by atoms with E-state index < -0.39 is 14.5 Å². The average molecular weight is 339 g/mol.